The normalized spacial score (nSPS) is 23.9. The largest absolute Gasteiger partial charge is 0.394 e. The minimum absolute atomic E-state index is 0.0339. The Bertz CT molecular complexity index is 587. The van der Waals surface area contributed by atoms with Crippen molar-refractivity contribution in [1.29, 1.82) is 0 Å². The van der Waals surface area contributed by atoms with Crippen LogP contribution in [0, 0.1) is 0 Å². The van der Waals surface area contributed by atoms with Gasteiger partial charge in [0.05, 0.1) is 18.1 Å². The van der Waals surface area contributed by atoms with Crippen molar-refractivity contribution in [3.63, 3.8) is 0 Å². The third-order valence-electron chi connectivity index (χ3n) is 3.10. The maximum atomic E-state index is 9.08. The Kier molecular flexibility index (Phi) is 3.15. The molecule has 0 amide bonds. The monoisotopic (exact) mass is 287 g/mol. The SMILES string of the molecule is OC[C@@H]1CC[C@H](n2ccc3c(Cl)nc(Cl)nc32)O1. The first kappa shape index (κ1) is 12.2. The summed E-state index contributed by atoms with van der Waals surface area (Å²) in [5.41, 5.74) is 0.656. The predicted molar refractivity (Wildman–Crippen MR) is 67.8 cm³/mol. The quantitative estimate of drug-likeness (QED) is 0.681. The van der Waals surface area contributed by atoms with Gasteiger partial charge in [-0.15, -0.1) is 0 Å². The lowest BCUT2D eigenvalue weighted by atomic mass is 10.2. The molecule has 2 aromatic rings. The molecule has 0 aromatic carbocycles. The van der Waals surface area contributed by atoms with Crippen LogP contribution < -0.4 is 0 Å². The predicted octanol–water partition coefficient (Wildman–Crippen LogP) is 2.41. The Morgan fingerprint density at radius 1 is 1.39 bits per heavy atom. The van der Waals surface area contributed by atoms with E-state index in [9.17, 15) is 0 Å². The molecule has 1 fully saturated rings. The van der Waals surface area contributed by atoms with Gasteiger partial charge < -0.3 is 14.4 Å². The van der Waals surface area contributed by atoms with E-state index in [0.717, 1.165) is 18.2 Å². The lowest BCUT2D eigenvalue weighted by Crippen LogP contribution is -2.14. The number of fused-ring (bicyclic) bond motifs is 1. The fourth-order valence-corrected chi connectivity index (χ4v) is 2.67. The molecule has 3 rings (SSSR count). The standard InChI is InChI=1S/C11H11Cl2N3O2/c12-9-7-3-4-16(10(7)15-11(13)14-9)8-2-1-6(5-17)18-8/h3-4,6,8,17H,1-2,5H2/t6-,8+/m0/s1. The van der Waals surface area contributed by atoms with E-state index in [1.54, 1.807) is 0 Å². The molecule has 0 aliphatic carbocycles. The molecule has 1 aliphatic heterocycles. The first-order valence-corrected chi connectivity index (χ1v) is 6.40. The van der Waals surface area contributed by atoms with Crippen LogP contribution in [0.5, 0.6) is 0 Å². The van der Waals surface area contributed by atoms with Crippen LogP contribution in [0.25, 0.3) is 11.0 Å². The number of hydrogen-bond acceptors (Lipinski definition) is 4. The number of hydrogen-bond donors (Lipinski definition) is 1. The summed E-state index contributed by atoms with van der Waals surface area (Å²) in [5.74, 6) is 0. The average Bonchev–Trinajstić information content (AvgIpc) is 2.93. The fourth-order valence-electron chi connectivity index (χ4n) is 2.23. The average molecular weight is 288 g/mol. The van der Waals surface area contributed by atoms with Crippen molar-refractivity contribution in [2.45, 2.75) is 25.2 Å². The zero-order chi connectivity index (χ0) is 12.7. The summed E-state index contributed by atoms with van der Waals surface area (Å²) in [6.07, 6.45) is 3.26. The lowest BCUT2D eigenvalue weighted by Gasteiger charge is -2.14. The van der Waals surface area contributed by atoms with Gasteiger partial charge in [0.1, 0.15) is 17.0 Å². The summed E-state index contributed by atoms with van der Waals surface area (Å²) in [6.45, 7) is 0.0339. The molecule has 1 saturated heterocycles. The van der Waals surface area contributed by atoms with Crippen LogP contribution in [0.15, 0.2) is 12.3 Å². The van der Waals surface area contributed by atoms with Crippen molar-refractivity contribution in [2.24, 2.45) is 0 Å². The summed E-state index contributed by atoms with van der Waals surface area (Å²) in [4.78, 5) is 8.08. The third kappa shape index (κ3) is 1.97. The van der Waals surface area contributed by atoms with Gasteiger partial charge in [0.25, 0.3) is 0 Å². The van der Waals surface area contributed by atoms with Crippen molar-refractivity contribution in [3.8, 4) is 0 Å². The van der Waals surface area contributed by atoms with E-state index >= 15 is 0 Å². The van der Waals surface area contributed by atoms with Crippen molar-refractivity contribution in [1.82, 2.24) is 14.5 Å². The molecule has 0 spiro atoms. The number of ether oxygens (including phenoxy) is 1. The van der Waals surface area contributed by atoms with Gasteiger partial charge in [0, 0.05) is 6.20 Å². The Morgan fingerprint density at radius 3 is 2.94 bits per heavy atom. The number of nitrogens with zero attached hydrogens (tertiary/aromatic N) is 3. The Balaban J connectivity index is 2.03. The van der Waals surface area contributed by atoms with Crippen LogP contribution in [-0.4, -0.2) is 32.4 Å². The van der Waals surface area contributed by atoms with Crippen molar-refractivity contribution < 1.29 is 9.84 Å². The number of aromatic nitrogens is 3. The molecule has 2 aromatic heterocycles. The second-order valence-corrected chi connectivity index (χ2v) is 4.91. The molecule has 7 heteroatoms. The summed E-state index contributed by atoms with van der Waals surface area (Å²) >= 11 is 11.8. The molecule has 5 nitrogen and oxygen atoms in total. The third-order valence-corrected chi connectivity index (χ3v) is 3.55. The molecule has 0 radical (unpaired) electrons. The smallest absolute Gasteiger partial charge is 0.225 e. The molecule has 18 heavy (non-hydrogen) atoms. The zero-order valence-electron chi connectivity index (χ0n) is 9.38. The summed E-state index contributed by atoms with van der Waals surface area (Å²) in [5, 5.41) is 10.3. The zero-order valence-corrected chi connectivity index (χ0v) is 10.9. The minimum Gasteiger partial charge on any atom is -0.394 e. The van der Waals surface area contributed by atoms with Crippen LogP contribution in [0.1, 0.15) is 19.1 Å². The van der Waals surface area contributed by atoms with E-state index in [1.807, 2.05) is 16.8 Å². The molecule has 3 heterocycles. The van der Waals surface area contributed by atoms with Gasteiger partial charge in [-0.1, -0.05) is 11.6 Å². The molecule has 2 atom stereocenters. The van der Waals surface area contributed by atoms with Crippen LogP contribution in [0.4, 0.5) is 0 Å². The minimum atomic E-state index is -0.137. The maximum absolute atomic E-state index is 9.08. The Morgan fingerprint density at radius 2 is 2.22 bits per heavy atom. The van der Waals surface area contributed by atoms with Crippen molar-refractivity contribution in [2.75, 3.05) is 6.61 Å². The Labute approximate surface area is 113 Å². The van der Waals surface area contributed by atoms with Crippen LogP contribution in [-0.2, 0) is 4.74 Å². The second kappa shape index (κ2) is 4.66. The highest BCUT2D eigenvalue weighted by atomic mass is 35.5. The van der Waals surface area contributed by atoms with E-state index < -0.39 is 0 Å². The van der Waals surface area contributed by atoms with Gasteiger partial charge in [0.2, 0.25) is 5.28 Å². The van der Waals surface area contributed by atoms with E-state index in [4.69, 9.17) is 33.0 Å². The molecule has 96 valence electrons. The topological polar surface area (TPSA) is 60.2 Å². The first-order chi connectivity index (χ1) is 8.69. The highest BCUT2D eigenvalue weighted by molar-refractivity contribution is 6.35. The molecular weight excluding hydrogens is 277 g/mol. The summed E-state index contributed by atoms with van der Waals surface area (Å²) < 4.78 is 7.59. The highest BCUT2D eigenvalue weighted by Crippen LogP contribution is 2.32. The molecule has 0 bridgehead atoms. The van der Waals surface area contributed by atoms with Crippen LogP contribution in [0.3, 0.4) is 0 Å². The van der Waals surface area contributed by atoms with Gasteiger partial charge >= 0.3 is 0 Å². The number of rotatable bonds is 2. The molecule has 0 unspecified atom stereocenters. The van der Waals surface area contributed by atoms with Gasteiger partial charge in [0.15, 0.2) is 0 Å². The lowest BCUT2D eigenvalue weighted by molar-refractivity contribution is -0.0204. The molecule has 1 aliphatic rings. The molecule has 0 saturated carbocycles. The highest BCUT2D eigenvalue weighted by Gasteiger charge is 2.27. The number of aliphatic hydroxyl groups is 1. The van der Waals surface area contributed by atoms with E-state index in [0.29, 0.717) is 10.8 Å². The van der Waals surface area contributed by atoms with E-state index in [2.05, 4.69) is 9.97 Å². The van der Waals surface area contributed by atoms with E-state index in [1.165, 1.54) is 0 Å². The Hall–Kier alpha value is -0.880. The first-order valence-electron chi connectivity index (χ1n) is 5.65. The van der Waals surface area contributed by atoms with E-state index in [-0.39, 0.29) is 24.2 Å². The van der Waals surface area contributed by atoms with Crippen LogP contribution in [0.2, 0.25) is 10.4 Å². The van der Waals surface area contributed by atoms with Crippen molar-refractivity contribution >= 4 is 34.2 Å². The molecule has 1 N–H and O–H groups in total. The number of aliphatic hydroxyl groups excluding tert-OH is 1. The summed E-state index contributed by atoms with van der Waals surface area (Å²) in [7, 11) is 0. The maximum Gasteiger partial charge on any atom is 0.225 e. The van der Waals surface area contributed by atoms with Gasteiger partial charge in [-0.05, 0) is 30.5 Å². The van der Waals surface area contributed by atoms with Gasteiger partial charge in [-0.2, -0.15) is 4.98 Å². The fraction of sp³-hybridized carbons (Fsp3) is 0.455. The van der Waals surface area contributed by atoms with Gasteiger partial charge in [-0.25, -0.2) is 4.98 Å². The van der Waals surface area contributed by atoms with Crippen LogP contribution >= 0.6 is 23.2 Å². The second-order valence-electron chi connectivity index (χ2n) is 4.22. The van der Waals surface area contributed by atoms with Gasteiger partial charge in [-0.3, -0.25) is 0 Å². The van der Waals surface area contributed by atoms with Crippen molar-refractivity contribution in [3.05, 3.63) is 22.7 Å². The molecular formula is C11H11Cl2N3O2. The summed E-state index contributed by atoms with van der Waals surface area (Å²) in [6, 6.07) is 1.84. The number of halogens is 2.